The molecule has 21 heavy (non-hydrogen) atoms. The summed E-state index contributed by atoms with van der Waals surface area (Å²) in [4.78, 5) is 16.1. The van der Waals surface area contributed by atoms with E-state index in [9.17, 15) is 9.90 Å². The molecule has 0 radical (unpaired) electrons. The minimum Gasteiger partial charge on any atom is -0.444 e. The van der Waals surface area contributed by atoms with E-state index in [-0.39, 0.29) is 12.0 Å². The lowest BCUT2D eigenvalue weighted by molar-refractivity contribution is 0.0635. The van der Waals surface area contributed by atoms with Gasteiger partial charge in [0.2, 0.25) is 0 Å². The van der Waals surface area contributed by atoms with Gasteiger partial charge in [0, 0.05) is 24.7 Å². The number of aromatic nitrogens is 1. The topological polar surface area (TPSA) is 83.5 Å². The average molecular weight is 293 g/mol. The molecule has 1 amide bonds. The smallest absolute Gasteiger partial charge is 0.413 e. The quantitative estimate of drug-likeness (QED) is 0.787. The van der Waals surface area contributed by atoms with Gasteiger partial charge < -0.3 is 15.2 Å². The van der Waals surface area contributed by atoms with Crippen LogP contribution in [0.1, 0.15) is 26.5 Å². The predicted molar refractivity (Wildman–Crippen MR) is 80.2 cm³/mol. The molecule has 0 saturated carbocycles. The molecule has 1 saturated heterocycles. The van der Waals surface area contributed by atoms with Crippen LogP contribution in [0.4, 0.5) is 10.6 Å². The largest absolute Gasteiger partial charge is 0.444 e. The molecular weight excluding hydrogens is 270 g/mol. The van der Waals surface area contributed by atoms with Crippen molar-refractivity contribution in [1.29, 1.82) is 0 Å². The Morgan fingerprint density at radius 1 is 1.48 bits per heavy atom. The summed E-state index contributed by atoms with van der Waals surface area (Å²) in [6, 6.07) is 5.45. The number of nitrogens with zero attached hydrogens (tertiary/aromatic N) is 1. The van der Waals surface area contributed by atoms with Crippen LogP contribution >= 0.6 is 0 Å². The second kappa shape index (κ2) is 6.41. The first-order chi connectivity index (χ1) is 9.83. The van der Waals surface area contributed by atoms with Crippen LogP contribution in [-0.4, -0.2) is 41.0 Å². The van der Waals surface area contributed by atoms with Crippen molar-refractivity contribution in [2.45, 2.75) is 38.9 Å². The molecule has 0 unspecified atom stereocenters. The van der Waals surface area contributed by atoms with E-state index in [0.717, 1.165) is 12.2 Å². The van der Waals surface area contributed by atoms with Crippen LogP contribution in [-0.2, 0) is 11.2 Å². The van der Waals surface area contributed by atoms with E-state index in [0.29, 0.717) is 18.8 Å². The third-order valence-corrected chi connectivity index (χ3v) is 3.21. The molecule has 0 bridgehead atoms. The number of amides is 1. The van der Waals surface area contributed by atoms with Crippen LogP contribution in [0.15, 0.2) is 18.2 Å². The van der Waals surface area contributed by atoms with Crippen molar-refractivity contribution < 1.29 is 14.6 Å². The van der Waals surface area contributed by atoms with Crippen molar-refractivity contribution >= 4 is 11.9 Å². The molecule has 1 aliphatic rings. The molecule has 3 N–H and O–H groups in total. The van der Waals surface area contributed by atoms with Crippen LogP contribution < -0.4 is 10.6 Å². The average Bonchev–Trinajstić information content (AvgIpc) is 2.73. The zero-order valence-electron chi connectivity index (χ0n) is 12.7. The lowest BCUT2D eigenvalue weighted by Crippen LogP contribution is -2.27. The Bertz CT molecular complexity index is 499. The van der Waals surface area contributed by atoms with Gasteiger partial charge in [-0.3, -0.25) is 5.32 Å². The lowest BCUT2D eigenvalue weighted by Gasteiger charge is -2.19. The van der Waals surface area contributed by atoms with Crippen molar-refractivity contribution in [3.63, 3.8) is 0 Å². The van der Waals surface area contributed by atoms with E-state index in [1.54, 1.807) is 6.07 Å². The SMILES string of the molecule is CC(C)(C)OC(=O)Nc1cccc(C[C@@H]2CNC[C@H]2O)n1. The van der Waals surface area contributed by atoms with E-state index < -0.39 is 11.7 Å². The third-order valence-electron chi connectivity index (χ3n) is 3.21. The number of ether oxygens (including phenoxy) is 1. The standard InChI is InChI=1S/C15H23N3O3/c1-15(2,3)21-14(20)18-13-6-4-5-11(17-13)7-10-8-16-9-12(10)19/h4-6,10,12,16,19H,7-9H2,1-3H3,(H,17,18,20)/t10-,12-/m1/s1. The summed E-state index contributed by atoms with van der Waals surface area (Å²) < 4.78 is 5.19. The number of hydrogen-bond acceptors (Lipinski definition) is 5. The summed E-state index contributed by atoms with van der Waals surface area (Å²) in [5, 5.41) is 15.6. The molecular formula is C15H23N3O3. The first kappa shape index (κ1) is 15.7. The number of β-amino-alcohol motifs (C(OH)–C–C–N with tert-alkyl or cyclic N) is 1. The van der Waals surface area contributed by atoms with Gasteiger partial charge in [0.15, 0.2) is 0 Å². The molecule has 1 aromatic rings. The number of hydrogen-bond donors (Lipinski definition) is 3. The fourth-order valence-corrected chi connectivity index (χ4v) is 2.27. The Morgan fingerprint density at radius 2 is 2.24 bits per heavy atom. The van der Waals surface area contributed by atoms with E-state index in [4.69, 9.17) is 4.74 Å². The Kier molecular flexibility index (Phi) is 4.80. The molecule has 2 rings (SSSR count). The summed E-state index contributed by atoms with van der Waals surface area (Å²) in [6.07, 6.45) is -0.179. The highest BCUT2D eigenvalue weighted by atomic mass is 16.6. The van der Waals surface area contributed by atoms with Gasteiger partial charge in [0.05, 0.1) is 6.10 Å². The molecule has 1 aliphatic heterocycles. The van der Waals surface area contributed by atoms with Crippen molar-refractivity contribution in [2.75, 3.05) is 18.4 Å². The number of rotatable bonds is 3. The van der Waals surface area contributed by atoms with Gasteiger partial charge in [-0.2, -0.15) is 0 Å². The maximum atomic E-state index is 11.7. The first-order valence-corrected chi connectivity index (χ1v) is 7.18. The van der Waals surface area contributed by atoms with E-state index in [1.807, 2.05) is 32.9 Å². The van der Waals surface area contributed by atoms with E-state index in [1.165, 1.54) is 0 Å². The van der Waals surface area contributed by atoms with E-state index in [2.05, 4.69) is 15.6 Å². The zero-order valence-corrected chi connectivity index (χ0v) is 12.7. The van der Waals surface area contributed by atoms with Crippen molar-refractivity contribution in [2.24, 2.45) is 5.92 Å². The summed E-state index contributed by atoms with van der Waals surface area (Å²) >= 11 is 0. The summed E-state index contributed by atoms with van der Waals surface area (Å²) in [5.74, 6) is 0.622. The van der Waals surface area contributed by atoms with E-state index >= 15 is 0 Å². The van der Waals surface area contributed by atoms with Gasteiger partial charge >= 0.3 is 6.09 Å². The minimum atomic E-state index is -0.540. The Labute approximate surface area is 124 Å². The number of anilines is 1. The zero-order chi connectivity index (χ0) is 15.5. The molecule has 6 heteroatoms. The molecule has 0 spiro atoms. The van der Waals surface area contributed by atoms with Gasteiger partial charge in [-0.25, -0.2) is 9.78 Å². The number of carbonyl (C=O) groups excluding carboxylic acids is 1. The first-order valence-electron chi connectivity index (χ1n) is 7.18. The molecule has 2 atom stereocenters. The summed E-state index contributed by atoms with van der Waals surface area (Å²) in [6.45, 7) is 6.84. The van der Waals surface area contributed by atoms with Crippen LogP contribution in [0.3, 0.4) is 0 Å². The fourth-order valence-electron chi connectivity index (χ4n) is 2.27. The second-order valence-corrected chi connectivity index (χ2v) is 6.33. The van der Waals surface area contributed by atoms with Gasteiger partial charge in [-0.15, -0.1) is 0 Å². The van der Waals surface area contributed by atoms with Crippen LogP contribution in [0.25, 0.3) is 0 Å². The second-order valence-electron chi connectivity index (χ2n) is 6.33. The number of aliphatic hydroxyl groups excluding tert-OH is 1. The highest BCUT2D eigenvalue weighted by Crippen LogP contribution is 2.16. The molecule has 0 aliphatic carbocycles. The lowest BCUT2D eigenvalue weighted by atomic mass is 10.00. The molecule has 116 valence electrons. The van der Waals surface area contributed by atoms with Crippen molar-refractivity contribution in [3.05, 3.63) is 23.9 Å². The highest BCUT2D eigenvalue weighted by molar-refractivity contribution is 5.83. The van der Waals surface area contributed by atoms with Crippen LogP contribution in [0.5, 0.6) is 0 Å². The third kappa shape index (κ3) is 4.99. The van der Waals surface area contributed by atoms with Gasteiger partial charge in [0.25, 0.3) is 0 Å². The Morgan fingerprint density at radius 3 is 2.86 bits per heavy atom. The molecule has 1 fully saturated rings. The normalized spacial score (nSPS) is 22.1. The van der Waals surface area contributed by atoms with Gasteiger partial charge in [-0.05, 0) is 39.3 Å². The van der Waals surface area contributed by atoms with Crippen LogP contribution in [0.2, 0.25) is 0 Å². The Hall–Kier alpha value is -1.66. The van der Waals surface area contributed by atoms with Crippen molar-refractivity contribution in [1.82, 2.24) is 10.3 Å². The maximum Gasteiger partial charge on any atom is 0.413 e. The number of pyridine rings is 1. The summed E-state index contributed by atoms with van der Waals surface area (Å²) in [5.41, 5.74) is 0.303. The molecule has 6 nitrogen and oxygen atoms in total. The molecule has 1 aromatic heterocycles. The summed E-state index contributed by atoms with van der Waals surface area (Å²) in [7, 11) is 0. The monoisotopic (exact) mass is 293 g/mol. The number of aliphatic hydroxyl groups is 1. The molecule has 2 heterocycles. The number of nitrogens with one attached hydrogen (secondary N) is 2. The van der Waals surface area contributed by atoms with Crippen LogP contribution in [0, 0.1) is 5.92 Å². The van der Waals surface area contributed by atoms with Gasteiger partial charge in [0.1, 0.15) is 11.4 Å². The fraction of sp³-hybridized carbons (Fsp3) is 0.600. The van der Waals surface area contributed by atoms with Gasteiger partial charge in [-0.1, -0.05) is 6.07 Å². The maximum absolute atomic E-state index is 11.7. The predicted octanol–water partition coefficient (Wildman–Crippen LogP) is 1.55. The number of carbonyl (C=O) groups is 1. The minimum absolute atomic E-state index is 0.161. The Balaban J connectivity index is 1.96. The highest BCUT2D eigenvalue weighted by Gasteiger charge is 2.25. The molecule has 0 aromatic carbocycles. The van der Waals surface area contributed by atoms with Crippen molar-refractivity contribution in [3.8, 4) is 0 Å².